The molecule has 0 saturated heterocycles. The summed E-state index contributed by atoms with van der Waals surface area (Å²) >= 11 is 0. The van der Waals surface area contributed by atoms with Gasteiger partial charge in [0.25, 0.3) is 0 Å². The van der Waals surface area contributed by atoms with E-state index in [1.807, 2.05) is 4.90 Å². The first-order valence-corrected chi connectivity index (χ1v) is 5.69. The van der Waals surface area contributed by atoms with Gasteiger partial charge in [0.15, 0.2) is 0 Å². The molecule has 0 radical (unpaired) electrons. The zero-order valence-electron chi connectivity index (χ0n) is 10.7. The molecular formula is C11H19F2N3O2. The normalized spacial score (nSPS) is 11.7. The predicted molar refractivity (Wildman–Crippen MR) is 62.5 cm³/mol. The lowest BCUT2D eigenvalue weighted by Crippen LogP contribution is -2.31. The smallest absolute Gasteiger partial charge is 0.319 e. The number of imidazole rings is 1. The molecule has 1 aromatic heterocycles. The zero-order valence-corrected chi connectivity index (χ0v) is 10.7. The molecule has 0 fully saturated rings. The van der Waals surface area contributed by atoms with Crippen molar-refractivity contribution in [2.24, 2.45) is 0 Å². The number of hydrogen-bond donors (Lipinski definition) is 0. The Balaban J connectivity index is 2.59. The van der Waals surface area contributed by atoms with Gasteiger partial charge in [-0.05, 0) is 0 Å². The van der Waals surface area contributed by atoms with E-state index in [0.29, 0.717) is 38.7 Å². The number of nitrogens with zero attached hydrogens (tertiary/aromatic N) is 3. The van der Waals surface area contributed by atoms with E-state index in [1.54, 1.807) is 14.2 Å². The van der Waals surface area contributed by atoms with Crippen LogP contribution in [0.5, 0.6) is 0 Å². The van der Waals surface area contributed by atoms with Crippen molar-refractivity contribution in [3.05, 3.63) is 18.2 Å². The van der Waals surface area contributed by atoms with Gasteiger partial charge in [-0.15, -0.1) is 0 Å². The summed E-state index contributed by atoms with van der Waals surface area (Å²) < 4.78 is 36.2. The van der Waals surface area contributed by atoms with Crippen molar-refractivity contribution in [1.29, 1.82) is 0 Å². The molecule has 18 heavy (non-hydrogen) atoms. The Labute approximate surface area is 105 Å². The monoisotopic (exact) mass is 263 g/mol. The molecule has 0 unspecified atom stereocenters. The van der Waals surface area contributed by atoms with Crippen LogP contribution in [-0.4, -0.2) is 55.0 Å². The molecular weight excluding hydrogens is 244 g/mol. The lowest BCUT2D eigenvalue weighted by atomic mass is 10.4. The fourth-order valence-corrected chi connectivity index (χ4v) is 1.55. The Kier molecular flexibility index (Phi) is 6.77. The van der Waals surface area contributed by atoms with E-state index in [1.165, 1.54) is 12.4 Å². The molecule has 104 valence electrons. The molecule has 0 amide bonds. The maximum Gasteiger partial charge on any atom is 0.319 e. The van der Waals surface area contributed by atoms with Crippen molar-refractivity contribution in [3.8, 4) is 0 Å². The van der Waals surface area contributed by atoms with Crippen LogP contribution >= 0.6 is 0 Å². The quantitative estimate of drug-likeness (QED) is 0.674. The molecule has 0 aliphatic carbocycles. The highest BCUT2D eigenvalue weighted by Crippen LogP contribution is 2.13. The SMILES string of the molecule is COCCN(CCOC)Cc1nccn1C(F)F. The molecule has 0 atom stereocenters. The summed E-state index contributed by atoms with van der Waals surface area (Å²) in [5.74, 6) is 0.345. The molecule has 0 saturated carbocycles. The molecule has 5 nitrogen and oxygen atoms in total. The molecule has 1 heterocycles. The molecule has 0 aromatic carbocycles. The second-order valence-corrected chi connectivity index (χ2v) is 3.79. The molecule has 0 aliphatic rings. The minimum Gasteiger partial charge on any atom is -0.383 e. The van der Waals surface area contributed by atoms with Gasteiger partial charge in [-0.25, -0.2) is 4.98 Å². The summed E-state index contributed by atoms with van der Waals surface area (Å²) in [6.45, 7) is 0.169. The van der Waals surface area contributed by atoms with E-state index in [0.717, 1.165) is 4.57 Å². The Morgan fingerprint density at radius 1 is 1.28 bits per heavy atom. The fraction of sp³-hybridized carbons (Fsp3) is 0.727. The number of hydrogen-bond acceptors (Lipinski definition) is 4. The highest BCUT2D eigenvalue weighted by molar-refractivity contribution is 4.92. The Morgan fingerprint density at radius 3 is 2.39 bits per heavy atom. The summed E-state index contributed by atoms with van der Waals surface area (Å²) in [7, 11) is 3.21. The van der Waals surface area contributed by atoms with E-state index in [9.17, 15) is 8.78 Å². The van der Waals surface area contributed by atoms with Gasteiger partial charge in [-0.2, -0.15) is 8.78 Å². The summed E-state index contributed by atoms with van der Waals surface area (Å²) in [5.41, 5.74) is 0. The van der Waals surface area contributed by atoms with Crippen LogP contribution in [0.2, 0.25) is 0 Å². The molecule has 0 spiro atoms. The molecule has 0 N–H and O–H groups in total. The van der Waals surface area contributed by atoms with Gasteiger partial charge in [-0.3, -0.25) is 9.47 Å². The highest BCUT2D eigenvalue weighted by atomic mass is 19.3. The minimum absolute atomic E-state index is 0.345. The van der Waals surface area contributed by atoms with Gasteiger partial charge >= 0.3 is 6.55 Å². The first-order valence-electron chi connectivity index (χ1n) is 5.69. The van der Waals surface area contributed by atoms with Crippen LogP contribution in [-0.2, 0) is 16.0 Å². The van der Waals surface area contributed by atoms with Crippen molar-refractivity contribution in [2.45, 2.75) is 13.1 Å². The van der Waals surface area contributed by atoms with Crippen molar-refractivity contribution in [3.63, 3.8) is 0 Å². The van der Waals surface area contributed by atoms with Gasteiger partial charge in [0.2, 0.25) is 0 Å². The Morgan fingerprint density at radius 2 is 1.89 bits per heavy atom. The molecule has 0 bridgehead atoms. The van der Waals surface area contributed by atoms with Gasteiger partial charge in [0.1, 0.15) is 5.82 Å². The number of rotatable bonds is 9. The van der Waals surface area contributed by atoms with Gasteiger partial charge in [0.05, 0.1) is 19.8 Å². The number of alkyl halides is 2. The first-order chi connectivity index (χ1) is 8.69. The summed E-state index contributed by atoms with van der Waals surface area (Å²) in [6, 6.07) is 0. The van der Waals surface area contributed by atoms with Crippen LogP contribution in [0.15, 0.2) is 12.4 Å². The maximum atomic E-state index is 12.7. The predicted octanol–water partition coefficient (Wildman–Crippen LogP) is 1.37. The third kappa shape index (κ3) is 4.67. The number of ether oxygens (including phenoxy) is 2. The van der Waals surface area contributed by atoms with Crippen LogP contribution in [0, 0.1) is 0 Å². The number of halogens is 2. The van der Waals surface area contributed by atoms with Crippen LogP contribution in [0.25, 0.3) is 0 Å². The van der Waals surface area contributed by atoms with E-state index in [-0.39, 0.29) is 0 Å². The van der Waals surface area contributed by atoms with Crippen LogP contribution in [0.3, 0.4) is 0 Å². The standard InChI is InChI=1S/C11H19F2N3O2/c1-17-7-5-15(6-8-18-2)9-10-14-3-4-16(10)11(12)13/h3-4,11H,5-9H2,1-2H3. The van der Waals surface area contributed by atoms with Gasteiger partial charge in [0, 0.05) is 39.7 Å². The topological polar surface area (TPSA) is 39.5 Å². The molecule has 1 aromatic rings. The van der Waals surface area contributed by atoms with Crippen molar-refractivity contribution in [2.75, 3.05) is 40.5 Å². The summed E-state index contributed by atoms with van der Waals surface area (Å²) in [6.07, 6.45) is 2.66. The lowest BCUT2D eigenvalue weighted by molar-refractivity contribution is 0.0605. The van der Waals surface area contributed by atoms with E-state index < -0.39 is 6.55 Å². The Bertz CT molecular complexity index is 326. The van der Waals surface area contributed by atoms with Crippen molar-refractivity contribution in [1.82, 2.24) is 14.5 Å². The Hall–Kier alpha value is -1.05. The van der Waals surface area contributed by atoms with Crippen LogP contribution < -0.4 is 0 Å². The van der Waals surface area contributed by atoms with Crippen LogP contribution in [0.4, 0.5) is 8.78 Å². The largest absolute Gasteiger partial charge is 0.383 e. The molecule has 7 heteroatoms. The lowest BCUT2D eigenvalue weighted by Gasteiger charge is -2.21. The highest BCUT2D eigenvalue weighted by Gasteiger charge is 2.14. The third-order valence-electron chi connectivity index (χ3n) is 2.55. The van der Waals surface area contributed by atoms with E-state index in [2.05, 4.69) is 4.98 Å². The summed E-state index contributed by atoms with van der Waals surface area (Å²) in [5, 5.41) is 0. The third-order valence-corrected chi connectivity index (χ3v) is 2.55. The molecule has 1 rings (SSSR count). The van der Waals surface area contributed by atoms with E-state index >= 15 is 0 Å². The number of aromatic nitrogens is 2. The average Bonchev–Trinajstić information content (AvgIpc) is 2.80. The summed E-state index contributed by atoms with van der Waals surface area (Å²) in [4.78, 5) is 5.92. The second-order valence-electron chi connectivity index (χ2n) is 3.79. The van der Waals surface area contributed by atoms with E-state index in [4.69, 9.17) is 9.47 Å². The first kappa shape index (κ1) is 15.0. The second kappa shape index (κ2) is 8.12. The zero-order chi connectivity index (χ0) is 13.4. The van der Waals surface area contributed by atoms with Crippen molar-refractivity contribution < 1.29 is 18.3 Å². The maximum absolute atomic E-state index is 12.7. The van der Waals surface area contributed by atoms with Gasteiger partial charge < -0.3 is 9.47 Å². The van der Waals surface area contributed by atoms with Gasteiger partial charge in [-0.1, -0.05) is 0 Å². The fourth-order valence-electron chi connectivity index (χ4n) is 1.55. The average molecular weight is 263 g/mol. The minimum atomic E-state index is -2.56. The number of methoxy groups -OCH3 is 2. The molecule has 0 aliphatic heterocycles. The van der Waals surface area contributed by atoms with Crippen LogP contribution in [0.1, 0.15) is 12.4 Å². The van der Waals surface area contributed by atoms with Crippen molar-refractivity contribution >= 4 is 0 Å².